The minimum Gasteiger partial charge on any atom is -0.495 e. The molecule has 0 heterocycles. The molecule has 0 aliphatic carbocycles. The van der Waals surface area contributed by atoms with Crippen molar-refractivity contribution < 1.29 is 17.9 Å². The van der Waals surface area contributed by atoms with Crippen LogP contribution in [0.4, 0.5) is 5.69 Å². The van der Waals surface area contributed by atoms with Crippen LogP contribution in [-0.2, 0) is 14.8 Å². The number of carbonyl (C=O) groups excluding carboxylic acids is 1. The highest BCUT2D eigenvalue weighted by molar-refractivity contribution is 7.89. The van der Waals surface area contributed by atoms with Crippen LogP contribution < -0.4 is 10.1 Å². The number of benzene rings is 1. The summed E-state index contributed by atoms with van der Waals surface area (Å²) in [5.41, 5.74) is 0.332. The first-order chi connectivity index (χ1) is 9.20. The van der Waals surface area contributed by atoms with Gasteiger partial charge in [-0.3, -0.25) is 4.79 Å². The maximum absolute atomic E-state index is 12.4. The van der Waals surface area contributed by atoms with Gasteiger partial charge < -0.3 is 10.1 Å². The predicted octanol–water partition coefficient (Wildman–Crippen LogP) is 1.68. The van der Waals surface area contributed by atoms with Crippen molar-refractivity contribution in [2.45, 2.75) is 31.7 Å². The first-order valence-corrected chi connectivity index (χ1v) is 7.57. The number of methoxy groups -OCH3 is 1. The summed E-state index contributed by atoms with van der Waals surface area (Å²) < 4.78 is 31.1. The fraction of sp³-hybridized carbons (Fsp3) is 0.462. The first kappa shape index (κ1) is 16.5. The van der Waals surface area contributed by atoms with Crippen LogP contribution in [0, 0.1) is 0 Å². The van der Waals surface area contributed by atoms with Crippen LogP contribution in [0.15, 0.2) is 23.1 Å². The van der Waals surface area contributed by atoms with Crippen LogP contribution in [0.1, 0.15) is 20.8 Å². The number of hydrogen-bond donors (Lipinski definition) is 1. The Hall–Kier alpha value is -1.60. The van der Waals surface area contributed by atoms with Crippen molar-refractivity contribution in [1.29, 1.82) is 0 Å². The van der Waals surface area contributed by atoms with Crippen molar-refractivity contribution in [3.05, 3.63) is 18.2 Å². The lowest BCUT2D eigenvalue weighted by atomic mass is 10.3. The largest absolute Gasteiger partial charge is 0.495 e. The zero-order valence-corrected chi connectivity index (χ0v) is 13.1. The summed E-state index contributed by atoms with van der Waals surface area (Å²) in [4.78, 5) is 11.3. The molecule has 1 aromatic rings. The molecule has 0 aliphatic heterocycles. The highest BCUT2D eigenvalue weighted by atomic mass is 32.2. The van der Waals surface area contributed by atoms with Crippen molar-refractivity contribution in [1.82, 2.24) is 4.31 Å². The van der Waals surface area contributed by atoms with E-state index in [-0.39, 0.29) is 16.8 Å². The van der Waals surface area contributed by atoms with E-state index in [0.717, 1.165) is 0 Å². The van der Waals surface area contributed by atoms with Crippen LogP contribution >= 0.6 is 0 Å². The quantitative estimate of drug-likeness (QED) is 0.897. The summed E-state index contributed by atoms with van der Waals surface area (Å²) >= 11 is 0. The molecule has 112 valence electrons. The van der Waals surface area contributed by atoms with Gasteiger partial charge in [-0.1, -0.05) is 0 Å². The third kappa shape index (κ3) is 3.49. The lowest BCUT2D eigenvalue weighted by Gasteiger charge is -2.21. The van der Waals surface area contributed by atoms with Crippen LogP contribution in [0.2, 0.25) is 0 Å². The Morgan fingerprint density at radius 1 is 1.35 bits per heavy atom. The Kier molecular flexibility index (Phi) is 5.13. The Bertz CT molecular complexity index is 596. The summed E-state index contributed by atoms with van der Waals surface area (Å²) in [5, 5.41) is 2.56. The van der Waals surface area contributed by atoms with Gasteiger partial charge in [-0.25, -0.2) is 8.42 Å². The number of ether oxygens (including phenoxy) is 1. The second-order valence-electron chi connectivity index (χ2n) is 4.66. The average molecular weight is 300 g/mol. The molecular formula is C13H20N2O4S. The summed E-state index contributed by atoms with van der Waals surface area (Å²) in [6.45, 7) is 4.92. The van der Waals surface area contributed by atoms with Crippen molar-refractivity contribution in [2.75, 3.05) is 19.5 Å². The molecule has 0 bridgehead atoms. The van der Waals surface area contributed by atoms with Crippen LogP contribution in [0.5, 0.6) is 5.75 Å². The van der Waals surface area contributed by atoms with E-state index in [1.54, 1.807) is 13.8 Å². The van der Waals surface area contributed by atoms with Gasteiger partial charge in [-0.05, 0) is 32.0 Å². The number of rotatable bonds is 5. The van der Waals surface area contributed by atoms with Crippen molar-refractivity contribution in [3.63, 3.8) is 0 Å². The predicted molar refractivity (Wildman–Crippen MR) is 77.4 cm³/mol. The first-order valence-electron chi connectivity index (χ1n) is 6.13. The molecule has 0 aromatic heterocycles. The fourth-order valence-electron chi connectivity index (χ4n) is 1.58. The van der Waals surface area contributed by atoms with Gasteiger partial charge in [0.25, 0.3) is 0 Å². The Morgan fingerprint density at radius 3 is 2.40 bits per heavy atom. The van der Waals surface area contributed by atoms with Gasteiger partial charge in [0.05, 0.1) is 17.7 Å². The molecule has 0 atom stereocenters. The second-order valence-corrected chi connectivity index (χ2v) is 6.66. The molecule has 0 fully saturated rings. The third-order valence-corrected chi connectivity index (χ3v) is 4.92. The lowest BCUT2D eigenvalue weighted by molar-refractivity contribution is -0.114. The minimum absolute atomic E-state index is 0.109. The van der Waals surface area contributed by atoms with E-state index in [4.69, 9.17) is 4.74 Å². The van der Waals surface area contributed by atoms with Gasteiger partial charge in [-0.2, -0.15) is 4.31 Å². The number of nitrogens with one attached hydrogen (secondary N) is 1. The molecule has 1 aromatic carbocycles. The van der Waals surface area contributed by atoms with Crippen molar-refractivity contribution in [3.8, 4) is 5.75 Å². The van der Waals surface area contributed by atoms with Crippen LogP contribution in [0.25, 0.3) is 0 Å². The van der Waals surface area contributed by atoms with Crippen molar-refractivity contribution >= 4 is 21.6 Å². The summed E-state index contributed by atoms with van der Waals surface area (Å²) in [6.07, 6.45) is 0. The van der Waals surface area contributed by atoms with E-state index in [0.29, 0.717) is 11.4 Å². The number of carbonyl (C=O) groups is 1. The Morgan fingerprint density at radius 2 is 1.95 bits per heavy atom. The molecular weight excluding hydrogens is 280 g/mol. The zero-order chi connectivity index (χ0) is 15.5. The molecule has 20 heavy (non-hydrogen) atoms. The van der Waals surface area contributed by atoms with Gasteiger partial charge in [0, 0.05) is 20.0 Å². The van der Waals surface area contributed by atoms with E-state index in [1.807, 2.05) is 0 Å². The molecule has 1 N–H and O–H groups in total. The molecule has 0 spiro atoms. The number of nitrogens with zero attached hydrogens (tertiary/aromatic N) is 1. The van der Waals surface area contributed by atoms with Gasteiger partial charge in [0.1, 0.15) is 5.75 Å². The molecule has 0 saturated heterocycles. The minimum atomic E-state index is -3.60. The molecule has 1 rings (SSSR count). The maximum atomic E-state index is 12.4. The molecule has 0 radical (unpaired) electrons. The van der Waals surface area contributed by atoms with E-state index >= 15 is 0 Å². The highest BCUT2D eigenvalue weighted by Gasteiger charge is 2.24. The highest BCUT2D eigenvalue weighted by Crippen LogP contribution is 2.29. The second kappa shape index (κ2) is 6.23. The number of sulfonamides is 1. The summed E-state index contributed by atoms with van der Waals surface area (Å²) in [7, 11) is -0.625. The van der Waals surface area contributed by atoms with E-state index in [9.17, 15) is 13.2 Å². The van der Waals surface area contributed by atoms with Crippen LogP contribution in [-0.4, -0.2) is 38.8 Å². The molecule has 6 nitrogen and oxygen atoms in total. The number of amides is 1. The average Bonchev–Trinajstić information content (AvgIpc) is 2.36. The van der Waals surface area contributed by atoms with E-state index in [2.05, 4.69) is 5.32 Å². The monoisotopic (exact) mass is 300 g/mol. The number of anilines is 1. The van der Waals surface area contributed by atoms with Gasteiger partial charge in [-0.15, -0.1) is 0 Å². The Labute approximate surface area is 119 Å². The summed E-state index contributed by atoms with van der Waals surface area (Å²) in [5.74, 6) is 0.112. The van der Waals surface area contributed by atoms with E-state index in [1.165, 1.54) is 43.6 Å². The van der Waals surface area contributed by atoms with Gasteiger partial charge in [0.2, 0.25) is 15.9 Å². The lowest BCUT2D eigenvalue weighted by Crippen LogP contribution is -2.33. The van der Waals surface area contributed by atoms with Crippen LogP contribution in [0.3, 0.4) is 0 Å². The van der Waals surface area contributed by atoms with Gasteiger partial charge >= 0.3 is 0 Å². The van der Waals surface area contributed by atoms with Crippen molar-refractivity contribution in [2.24, 2.45) is 0 Å². The van der Waals surface area contributed by atoms with Gasteiger partial charge in [0.15, 0.2) is 0 Å². The normalized spacial score (nSPS) is 11.8. The SMILES string of the molecule is COc1ccc(S(=O)(=O)N(C)C(C)C)cc1NC(C)=O. The summed E-state index contributed by atoms with van der Waals surface area (Å²) in [6, 6.07) is 4.21. The molecule has 0 unspecified atom stereocenters. The molecule has 0 aliphatic rings. The molecule has 7 heteroatoms. The smallest absolute Gasteiger partial charge is 0.243 e. The fourth-order valence-corrected chi connectivity index (χ4v) is 2.97. The molecule has 1 amide bonds. The molecule has 0 saturated carbocycles. The van der Waals surface area contributed by atoms with E-state index < -0.39 is 10.0 Å². The topological polar surface area (TPSA) is 75.7 Å². The standard InChI is InChI=1S/C13H20N2O4S/c1-9(2)15(4)20(17,18)11-6-7-13(19-5)12(8-11)14-10(3)16/h6-9H,1-5H3,(H,14,16). The third-order valence-electron chi connectivity index (χ3n) is 2.89. The number of hydrogen-bond acceptors (Lipinski definition) is 4. The Balaban J connectivity index is 3.30. The maximum Gasteiger partial charge on any atom is 0.243 e. The zero-order valence-electron chi connectivity index (χ0n) is 12.3.